The van der Waals surface area contributed by atoms with E-state index >= 15 is 0 Å². The molecule has 0 aliphatic heterocycles. The molecule has 1 aliphatic carbocycles. The molecule has 94 valence electrons. The highest BCUT2D eigenvalue weighted by Gasteiger charge is 2.39. The van der Waals surface area contributed by atoms with E-state index in [1.807, 2.05) is 6.92 Å². The Morgan fingerprint density at radius 2 is 2.29 bits per heavy atom. The first-order valence-corrected chi connectivity index (χ1v) is 6.81. The van der Waals surface area contributed by atoms with Crippen LogP contribution in [0.4, 0.5) is 0 Å². The van der Waals surface area contributed by atoms with Crippen LogP contribution in [0.3, 0.4) is 0 Å². The van der Waals surface area contributed by atoms with Gasteiger partial charge < -0.3 is 11.1 Å². The largest absolute Gasteiger partial charge is 0.346 e. The smallest absolute Gasteiger partial charge is 0.271 e. The third kappa shape index (κ3) is 2.84. The molecule has 0 saturated heterocycles. The van der Waals surface area contributed by atoms with Gasteiger partial charge in [0.2, 0.25) is 0 Å². The van der Waals surface area contributed by atoms with E-state index in [0.29, 0.717) is 11.6 Å². The first-order valence-electron chi connectivity index (χ1n) is 5.93. The number of carbonyl (C=O) groups is 1. The van der Waals surface area contributed by atoms with Gasteiger partial charge in [0.25, 0.3) is 5.91 Å². The fourth-order valence-corrected chi connectivity index (χ4v) is 2.62. The zero-order valence-corrected chi connectivity index (χ0v) is 11.3. The van der Waals surface area contributed by atoms with Gasteiger partial charge in [0.1, 0.15) is 10.7 Å². The molecule has 0 spiro atoms. The summed E-state index contributed by atoms with van der Waals surface area (Å²) in [7, 11) is 0. The van der Waals surface area contributed by atoms with E-state index in [1.165, 1.54) is 24.2 Å². The van der Waals surface area contributed by atoms with Gasteiger partial charge in [-0.15, -0.1) is 11.3 Å². The van der Waals surface area contributed by atoms with Crippen molar-refractivity contribution in [2.24, 2.45) is 11.7 Å². The van der Waals surface area contributed by atoms with Crippen LogP contribution in [-0.2, 0) is 0 Å². The average molecular weight is 253 g/mol. The maximum absolute atomic E-state index is 12.0. The average Bonchev–Trinajstić information content (AvgIpc) is 2.95. The molecule has 4 nitrogen and oxygen atoms in total. The van der Waals surface area contributed by atoms with Gasteiger partial charge in [-0.05, 0) is 39.5 Å². The molecular formula is C12H19N3OS. The van der Waals surface area contributed by atoms with Crippen LogP contribution in [0.1, 0.15) is 55.2 Å². The molecule has 5 heteroatoms. The Labute approximate surface area is 106 Å². The van der Waals surface area contributed by atoms with Crippen LogP contribution in [0.15, 0.2) is 5.38 Å². The Morgan fingerprint density at radius 1 is 1.65 bits per heavy atom. The first-order chi connectivity index (χ1) is 7.90. The van der Waals surface area contributed by atoms with Crippen LogP contribution in [0, 0.1) is 5.92 Å². The zero-order valence-electron chi connectivity index (χ0n) is 10.5. The standard InChI is InChI=1S/C12H19N3OS/c1-7(13)11-14-9(6-17-11)10(16)15-12(2,3)8-4-5-8/h6-8H,4-5,13H2,1-3H3,(H,15,16). The Bertz CT molecular complexity index is 421. The van der Waals surface area contributed by atoms with Crippen molar-refractivity contribution in [2.75, 3.05) is 0 Å². The van der Waals surface area contributed by atoms with E-state index in [1.54, 1.807) is 5.38 Å². The summed E-state index contributed by atoms with van der Waals surface area (Å²) in [6.07, 6.45) is 2.41. The van der Waals surface area contributed by atoms with Crippen LogP contribution in [0.5, 0.6) is 0 Å². The van der Waals surface area contributed by atoms with Crippen molar-refractivity contribution in [2.45, 2.75) is 45.2 Å². The summed E-state index contributed by atoms with van der Waals surface area (Å²) in [5.41, 5.74) is 6.08. The predicted molar refractivity (Wildman–Crippen MR) is 69.0 cm³/mol. The molecule has 2 rings (SSSR count). The summed E-state index contributed by atoms with van der Waals surface area (Å²) < 4.78 is 0. The topological polar surface area (TPSA) is 68.0 Å². The van der Waals surface area contributed by atoms with Crippen LogP contribution < -0.4 is 11.1 Å². The zero-order chi connectivity index (χ0) is 12.6. The van der Waals surface area contributed by atoms with Gasteiger partial charge in [-0.25, -0.2) is 4.98 Å². The van der Waals surface area contributed by atoms with Crippen LogP contribution in [-0.4, -0.2) is 16.4 Å². The lowest BCUT2D eigenvalue weighted by atomic mass is 9.99. The van der Waals surface area contributed by atoms with E-state index in [4.69, 9.17) is 5.73 Å². The highest BCUT2D eigenvalue weighted by molar-refractivity contribution is 7.09. The maximum atomic E-state index is 12.0. The summed E-state index contributed by atoms with van der Waals surface area (Å²) in [5, 5.41) is 5.63. The maximum Gasteiger partial charge on any atom is 0.271 e. The minimum Gasteiger partial charge on any atom is -0.346 e. The minimum atomic E-state index is -0.130. The van der Waals surface area contributed by atoms with Crippen molar-refractivity contribution in [1.29, 1.82) is 0 Å². The summed E-state index contributed by atoms with van der Waals surface area (Å²) in [6.45, 7) is 6.01. The first kappa shape index (κ1) is 12.5. The van der Waals surface area contributed by atoms with Crippen LogP contribution in [0.2, 0.25) is 0 Å². The minimum absolute atomic E-state index is 0.0925. The Morgan fingerprint density at radius 3 is 2.76 bits per heavy atom. The normalized spacial score (nSPS) is 17.9. The van der Waals surface area contributed by atoms with Gasteiger partial charge in [-0.3, -0.25) is 4.79 Å². The highest BCUT2D eigenvalue weighted by Crippen LogP contribution is 2.39. The lowest BCUT2D eigenvalue weighted by molar-refractivity contribution is 0.0898. The molecule has 0 bridgehead atoms. The lowest BCUT2D eigenvalue weighted by Gasteiger charge is -2.25. The molecule has 1 unspecified atom stereocenters. The number of carbonyl (C=O) groups excluding carboxylic acids is 1. The fraction of sp³-hybridized carbons (Fsp3) is 0.667. The number of hydrogen-bond acceptors (Lipinski definition) is 4. The second kappa shape index (κ2) is 4.38. The number of aromatic nitrogens is 1. The van der Waals surface area contributed by atoms with Gasteiger partial charge in [-0.2, -0.15) is 0 Å². The number of rotatable bonds is 4. The lowest BCUT2D eigenvalue weighted by Crippen LogP contribution is -2.45. The quantitative estimate of drug-likeness (QED) is 0.863. The van der Waals surface area contributed by atoms with Gasteiger partial charge in [0.05, 0.1) is 6.04 Å². The number of hydrogen-bond donors (Lipinski definition) is 2. The summed E-state index contributed by atoms with van der Waals surface area (Å²) in [5.74, 6) is 0.517. The third-order valence-corrected chi connectivity index (χ3v) is 4.22. The van der Waals surface area contributed by atoms with Gasteiger partial charge >= 0.3 is 0 Å². The molecule has 1 aromatic rings. The van der Waals surface area contributed by atoms with Gasteiger partial charge in [-0.1, -0.05) is 0 Å². The monoisotopic (exact) mass is 253 g/mol. The summed E-state index contributed by atoms with van der Waals surface area (Å²) in [6, 6.07) is -0.113. The number of nitrogens with two attached hydrogens (primary N) is 1. The van der Waals surface area contributed by atoms with E-state index in [-0.39, 0.29) is 17.5 Å². The molecule has 1 heterocycles. The van der Waals surface area contributed by atoms with Crippen LogP contribution in [0.25, 0.3) is 0 Å². The van der Waals surface area contributed by atoms with Crippen molar-refractivity contribution in [1.82, 2.24) is 10.3 Å². The second-order valence-corrected chi connectivity index (χ2v) is 6.20. The molecule has 17 heavy (non-hydrogen) atoms. The molecule has 1 aromatic heterocycles. The Balaban J connectivity index is 2.03. The van der Waals surface area contributed by atoms with Crippen molar-refractivity contribution in [3.05, 3.63) is 16.1 Å². The molecule has 1 amide bonds. The van der Waals surface area contributed by atoms with Crippen molar-refractivity contribution < 1.29 is 4.79 Å². The van der Waals surface area contributed by atoms with E-state index in [0.717, 1.165) is 5.01 Å². The predicted octanol–water partition coefficient (Wildman–Crippen LogP) is 2.08. The molecule has 3 N–H and O–H groups in total. The number of amides is 1. The Hall–Kier alpha value is -0.940. The number of nitrogens with one attached hydrogen (secondary N) is 1. The molecule has 1 fully saturated rings. The molecule has 0 aromatic carbocycles. The summed E-state index contributed by atoms with van der Waals surface area (Å²) in [4.78, 5) is 16.3. The van der Waals surface area contributed by atoms with E-state index in [9.17, 15) is 4.79 Å². The number of thiazole rings is 1. The Kier molecular flexibility index (Phi) is 3.23. The van der Waals surface area contributed by atoms with E-state index in [2.05, 4.69) is 24.1 Å². The second-order valence-electron chi connectivity index (χ2n) is 5.31. The highest BCUT2D eigenvalue weighted by atomic mass is 32.1. The van der Waals surface area contributed by atoms with Crippen molar-refractivity contribution in [3.63, 3.8) is 0 Å². The SMILES string of the molecule is CC(N)c1nc(C(=O)NC(C)(C)C2CC2)cs1. The van der Waals surface area contributed by atoms with Crippen LogP contribution >= 0.6 is 11.3 Å². The third-order valence-electron chi connectivity index (χ3n) is 3.18. The number of nitrogens with zero attached hydrogens (tertiary/aromatic N) is 1. The molecular weight excluding hydrogens is 234 g/mol. The van der Waals surface area contributed by atoms with Gasteiger partial charge in [0.15, 0.2) is 0 Å². The fourth-order valence-electron chi connectivity index (χ4n) is 1.86. The van der Waals surface area contributed by atoms with E-state index < -0.39 is 0 Å². The summed E-state index contributed by atoms with van der Waals surface area (Å²) >= 11 is 1.44. The molecule has 1 aliphatic rings. The van der Waals surface area contributed by atoms with Crippen molar-refractivity contribution >= 4 is 17.2 Å². The molecule has 0 radical (unpaired) electrons. The molecule has 1 saturated carbocycles. The molecule has 1 atom stereocenters. The van der Waals surface area contributed by atoms with Gasteiger partial charge in [0, 0.05) is 10.9 Å². The van der Waals surface area contributed by atoms with Crippen molar-refractivity contribution in [3.8, 4) is 0 Å².